The Balaban J connectivity index is 1.75. The summed E-state index contributed by atoms with van der Waals surface area (Å²) in [6.45, 7) is 1.37. The van der Waals surface area contributed by atoms with Gasteiger partial charge in [-0.2, -0.15) is 5.26 Å². The number of pyridine rings is 2. The standard InChI is InChI=1S/C19H14N4O/c20-13-16-11-15(6-8-21-16)14-3-1-4-17(12-14)23-9-10-24-18-5-2-7-22-19(18)23/h1-8,11-12H,9-10H2. The fraction of sp³-hybridized carbons (Fsp3) is 0.105. The molecule has 0 aliphatic carbocycles. The molecule has 3 aromatic rings. The van der Waals surface area contributed by atoms with Gasteiger partial charge in [0.05, 0.1) is 6.54 Å². The highest BCUT2D eigenvalue weighted by Crippen LogP contribution is 2.35. The van der Waals surface area contributed by atoms with Gasteiger partial charge in [-0.15, -0.1) is 0 Å². The van der Waals surface area contributed by atoms with E-state index in [-0.39, 0.29) is 0 Å². The maximum atomic E-state index is 9.03. The molecule has 0 radical (unpaired) electrons. The van der Waals surface area contributed by atoms with Gasteiger partial charge in [0.2, 0.25) is 0 Å². The average Bonchev–Trinajstić information content (AvgIpc) is 2.67. The van der Waals surface area contributed by atoms with Gasteiger partial charge in [0, 0.05) is 18.1 Å². The Kier molecular flexibility index (Phi) is 3.56. The van der Waals surface area contributed by atoms with E-state index in [9.17, 15) is 0 Å². The summed E-state index contributed by atoms with van der Waals surface area (Å²) >= 11 is 0. The van der Waals surface area contributed by atoms with Gasteiger partial charge >= 0.3 is 0 Å². The van der Waals surface area contributed by atoms with Crippen LogP contribution >= 0.6 is 0 Å². The van der Waals surface area contributed by atoms with Gasteiger partial charge in [-0.05, 0) is 47.5 Å². The van der Waals surface area contributed by atoms with Crippen LogP contribution in [0, 0.1) is 11.3 Å². The molecule has 5 nitrogen and oxygen atoms in total. The highest BCUT2D eigenvalue weighted by molar-refractivity contribution is 5.73. The Morgan fingerprint density at radius 3 is 2.83 bits per heavy atom. The van der Waals surface area contributed by atoms with Crippen molar-refractivity contribution >= 4 is 11.5 Å². The van der Waals surface area contributed by atoms with Crippen LogP contribution in [0.15, 0.2) is 60.9 Å². The lowest BCUT2D eigenvalue weighted by molar-refractivity contribution is 0.312. The van der Waals surface area contributed by atoms with Crippen molar-refractivity contribution in [3.05, 3.63) is 66.6 Å². The number of fused-ring (bicyclic) bond motifs is 1. The molecule has 0 N–H and O–H groups in total. The number of anilines is 2. The minimum atomic E-state index is 0.413. The summed E-state index contributed by atoms with van der Waals surface area (Å²) in [5, 5.41) is 9.03. The van der Waals surface area contributed by atoms with Crippen LogP contribution in [0.25, 0.3) is 11.1 Å². The number of hydrogen-bond donors (Lipinski definition) is 0. The van der Waals surface area contributed by atoms with E-state index >= 15 is 0 Å². The molecule has 0 saturated carbocycles. The van der Waals surface area contributed by atoms with Gasteiger partial charge in [-0.3, -0.25) is 0 Å². The minimum absolute atomic E-state index is 0.413. The van der Waals surface area contributed by atoms with Crippen LogP contribution in [-0.4, -0.2) is 23.1 Å². The first-order valence-electron chi connectivity index (χ1n) is 7.67. The van der Waals surface area contributed by atoms with Crippen LogP contribution < -0.4 is 9.64 Å². The molecule has 0 unspecified atom stereocenters. The Labute approximate surface area is 139 Å². The van der Waals surface area contributed by atoms with Crippen LogP contribution in [0.4, 0.5) is 11.5 Å². The molecule has 0 fully saturated rings. The van der Waals surface area contributed by atoms with E-state index in [0.29, 0.717) is 12.3 Å². The maximum Gasteiger partial charge on any atom is 0.175 e. The van der Waals surface area contributed by atoms with E-state index in [4.69, 9.17) is 10.00 Å². The Bertz CT molecular complexity index is 932. The molecule has 3 heterocycles. The molecule has 24 heavy (non-hydrogen) atoms. The van der Waals surface area contributed by atoms with Crippen molar-refractivity contribution in [2.75, 3.05) is 18.1 Å². The molecule has 0 spiro atoms. The first-order chi connectivity index (χ1) is 11.8. The molecule has 5 heteroatoms. The Morgan fingerprint density at radius 2 is 1.92 bits per heavy atom. The first-order valence-corrected chi connectivity index (χ1v) is 7.67. The monoisotopic (exact) mass is 314 g/mol. The van der Waals surface area contributed by atoms with Gasteiger partial charge in [0.1, 0.15) is 18.4 Å². The fourth-order valence-corrected chi connectivity index (χ4v) is 2.83. The number of benzene rings is 1. The molecule has 0 bridgehead atoms. The molecule has 1 aromatic carbocycles. The molecule has 0 saturated heterocycles. The topological polar surface area (TPSA) is 62.0 Å². The number of nitrogens with zero attached hydrogens (tertiary/aromatic N) is 4. The van der Waals surface area contributed by atoms with Crippen molar-refractivity contribution in [1.82, 2.24) is 9.97 Å². The van der Waals surface area contributed by atoms with E-state index in [0.717, 1.165) is 34.9 Å². The minimum Gasteiger partial charge on any atom is -0.488 e. The molecule has 0 atom stereocenters. The zero-order valence-corrected chi connectivity index (χ0v) is 12.9. The van der Waals surface area contributed by atoms with E-state index in [1.165, 1.54) is 0 Å². The van der Waals surface area contributed by atoms with Crippen molar-refractivity contribution in [3.63, 3.8) is 0 Å². The number of aromatic nitrogens is 2. The zero-order valence-electron chi connectivity index (χ0n) is 12.9. The van der Waals surface area contributed by atoms with E-state index in [1.54, 1.807) is 18.5 Å². The normalized spacial score (nSPS) is 12.9. The zero-order chi connectivity index (χ0) is 16.4. The molecule has 116 valence electrons. The summed E-state index contributed by atoms with van der Waals surface area (Å²) < 4.78 is 5.67. The van der Waals surface area contributed by atoms with Crippen LogP contribution in [0.5, 0.6) is 5.75 Å². The molecular formula is C19H14N4O. The van der Waals surface area contributed by atoms with Gasteiger partial charge in [-0.1, -0.05) is 12.1 Å². The van der Waals surface area contributed by atoms with Gasteiger partial charge in [0.15, 0.2) is 11.6 Å². The van der Waals surface area contributed by atoms with E-state index in [1.807, 2.05) is 30.3 Å². The maximum absolute atomic E-state index is 9.03. The third-order valence-electron chi connectivity index (χ3n) is 3.94. The van der Waals surface area contributed by atoms with Crippen molar-refractivity contribution < 1.29 is 4.74 Å². The summed E-state index contributed by atoms with van der Waals surface area (Å²) in [5.74, 6) is 1.62. The van der Waals surface area contributed by atoms with Crippen LogP contribution in [0.1, 0.15) is 5.69 Å². The Morgan fingerprint density at radius 1 is 1.00 bits per heavy atom. The van der Waals surface area contributed by atoms with Gasteiger partial charge in [-0.25, -0.2) is 9.97 Å². The second-order valence-electron chi connectivity index (χ2n) is 5.42. The fourth-order valence-electron chi connectivity index (χ4n) is 2.83. The summed E-state index contributed by atoms with van der Waals surface area (Å²) in [6, 6.07) is 17.8. The molecule has 4 rings (SSSR count). The second kappa shape index (κ2) is 6.01. The third-order valence-corrected chi connectivity index (χ3v) is 3.94. The number of hydrogen-bond acceptors (Lipinski definition) is 5. The summed E-state index contributed by atoms with van der Waals surface area (Å²) in [7, 11) is 0. The van der Waals surface area contributed by atoms with Crippen molar-refractivity contribution in [3.8, 4) is 22.9 Å². The lowest BCUT2D eigenvalue weighted by atomic mass is 10.0. The van der Waals surface area contributed by atoms with Crippen molar-refractivity contribution in [1.29, 1.82) is 5.26 Å². The highest BCUT2D eigenvalue weighted by atomic mass is 16.5. The largest absolute Gasteiger partial charge is 0.488 e. The predicted octanol–water partition coefficient (Wildman–Crippen LogP) is 3.55. The van der Waals surface area contributed by atoms with Crippen LogP contribution in [0.3, 0.4) is 0 Å². The van der Waals surface area contributed by atoms with E-state index < -0.39 is 0 Å². The summed E-state index contributed by atoms with van der Waals surface area (Å²) in [4.78, 5) is 10.6. The quantitative estimate of drug-likeness (QED) is 0.724. The summed E-state index contributed by atoms with van der Waals surface area (Å²) in [6.07, 6.45) is 3.43. The highest BCUT2D eigenvalue weighted by Gasteiger charge is 2.20. The number of ether oxygens (including phenoxy) is 1. The molecule has 2 aromatic heterocycles. The van der Waals surface area contributed by atoms with Gasteiger partial charge in [0.25, 0.3) is 0 Å². The molecular weight excluding hydrogens is 300 g/mol. The van der Waals surface area contributed by atoms with Crippen molar-refractivity contribution in [2.24, 2.45) is 0 Å². The SMILES string of the molecule is N#Cc1cc(-c2cccc(N3CCOc4cccnc43)c2)ccn1. The lowest BCUT2D eigenvalue weighted by Crippen LogP contribution is -2.29. The van der Waals surface area contributed by atoms with Crippen LogP contribution in [-0.2, 0) is 0 Å². The smallest absolute Gasteiger partial charge is 0.175 e. The molecule has 1 aliphatic heterocycles. The van der Waals surface area contributed by atoms with Crippen molar-refractivity contribution in [2.45, 2.75) is 0 Å². The van der Waals surface area contributed by atoms with Crippen LogP contribution in [0.2, 0.25) is 0 Å². The number of nitriles is 1. The Hall–Kier alpha value is -3.39. The molecule has 1 aliphatic rings. The third kappa shape index (κ3) is 2.55. The van der Waals surface area contributed by atoms with E-state index in [2.05, 4.69) is 33.1 Å². The van der Waals surface area contributed by atoms with Gasteiger partial charge < -0.3 is 9.64 Å². The summed E-state index contributed by atoms with van der Waals surface area (Å²) in [5.41, 5.74) is 3.47. The first kappa shape index (κ1) is 14.2. The molecule has 0 amide bonds. The second-order valence-corrected chi connectivity index (χ2v) is 5.42. The number of rotatable bonds is 2. The average molecular weight is 314 g/mol. The predicted molar refractivity (Wildman–Crippen MR) is 91.1 cm³/mol. The lowest BCUT2D eigenvalue weighted by Gasteiger charge is -2.30.